The highest BCUT2D eigenvalue weighted by atomic mass is 15.2. The highest BCUT2D eigenvalue weighted by Gasteiger charge is 2.12. The third-order valence-electron chi connectivity index (χ3n) is 3.27. The molecule has 4 nitrogen and oxygen atoms in total. The molecule has 0 radical (unpaired) electrons. The smallest absolute Gasteiger partial charge is 0.0534 e. The molecule has 0 saturated heterocycles. The van der Waals surface area contributed by atoms with Crippen molar-refractivity contribution in [1.82, 2.24) is 14.7 Å². The third kappa shape index (κ3) is 2.90. The van der Waals surface area contributed by atoms with E-state index in [9.17, 15) is 0 Å². The van der Waals surface area contributed by atoms with Gasteiger partial charge in [-0.25, -0.2) is 0 Å². The average molecular weight is 244 g/mol. The van der Waals surface area contributed by atoms with Gasteiger partial charge in [0.1, 0.15) is 0 Å². The Balaban J connectivity index is 2.04. The summed E-state index contributed by atoms with van der Waals surface area (Å²) in [6.45, 7) is 3.08. The molecule has 1 aromatic heterocycles. The zero-order valence-electron chi connectivity index (χ0n) is 11.2. The number of hydrogen-bond acceptors (Lipinski definition) is 3. The quantitative estimate of drug-likeness (QED) is 0.839. The molecule has 1 unspecified atom stereocenters. The molecular formula is C14H20N4. The molecule has 0 spiro atoms. The van der Waals surface area contributed by atoms with Gasteiger partial charge in [-0.2, -0.15) is 5.10 Å². The van der Waals surface area contributed by atoms with Crippen LogP contribution in [-0.4, -0.2) is 21.7 Å². The summed E-state index contributed by atoms with van der Waals surface area (Å²) in [6.07, 6.45) is 3.96. The van der Waals surface area contributed by atoms with Crippen LogP contribution in [0.5, 0.6) is 0 Å². The van der Waals surface area contributed by atoms with Crippen LogP contribution in [0.15, 0.2) is 36.7 Å². The molecule has 0 aliphatic carbocycles. The van der Waals surface area contributed by atoms with Gasteiger partial charge in [-0.1, -0.05) is 12.1 Å². The minimum atomic E-state index is 0.353. The fourth-order valence-electron chi connectivity index (χ4n) is 2.01. The highest BCUT2D eigenvalue weighted by Crippen LogP contribution is 2.21. The average Bonchev–Trinajstić information content (AvgIpc) is 2.75. The first-order valence-corrected chi connectivity index (χ1v) is 6.09. The summed E-state index contributed by atoms with van der Waals surface area (Å²) < 4.78 is 1.83. The molecule has 0 aliphatic rings. The predicted molar refractivity (Wildman–Crippen MR) is 73.9 cm³/mol. The van der Waals surface area contributed by atoms with Crippen molar-refractivity contribution in [3.63, 3.8) is 0 Å². The lowest BCUT2D eigenvalue weighted by Gasteiger charge is -2.24. The molecule has 0 saturated carbocycles. The molecule has 0 bridgehead atoms. The van der Waals surface area contributed by atoms with Crippen LogP contribution in [0.4, 0.5) is 5.69 Å². The van der Waals surface area contributed by atoms with E-state index in [2.05, 4.69) is 36.1 Å². The fraction of sp³-hybridized carbons (Fsp3) is 0.357. The van der Waals surface area contributed by atoms with Crippen LogP contribution in [0.25, 0.3) is 0 Å². The summed E-state index contributed by atoms with van der Waals surface area (Å²) in [5, 5.41) is 4.19. The molecule has 4 heteroatoms. The Labute approximate surface area is 108 Å². The predicted octanol–water partition coefficient (Wildman–Crippen LogP) is 2.20. The lowest BCUT2D eigenvalue weighted by atomic mass is 10.1. The molecule has 1 aromatic carbocycles. The largest absolute Gasteiger partial charge is 0.399 e. The minimum absolute atomic E-state index is 0.353. The molecule has 96 valence electrons. The second-order valence-electron chi connectivity index (χ2n) is 4.78. The van der Waals surface area contributed by atoms with Gasteiger partial charge in [-0.15, -0.1) is 0 Å². The number of aromatic nitrogens is 2. The Morgan fingerprint density at radius 2 is 2.00 bits per heavy atom. The van der Waals surface area contributed by atoms with Crippen LogP contribution < -0.4 is 5.73 Å². The SMILES string of the molecule is CC(c1ccc(N)cc1)N(C)Cc1cnn(C)c1. The van der Waals surface area contributed by atoms with E-state index in [4.69, 9.17) is 5.73 Å². The molecular weight excluding hydrogens is 224 g/mol. The van der Waals surface area contributed by atoms with Gasteiger partial charge in [0.15, 0.2) is 0 Å². The zero-order valence-corrected chi connectivity index (χ0v) is 11.2. The number of rotatable bonds is 4. The molecule has 0 aliphatic heterocycles. The van der Waals surface area contributed by atoms with Gasteiger partial charge in [0.2, 0.25) is 0 Å². The van der Waals surface area contributed by atoms with E-state index in [1.54, 1.807) is 0 Å². The summed E-state index contributed by atoms with van der Waals surface area (Å²) in [4.78, 5) is 2.29. The van der Waals surface area contributed by atoms with Gasteiger partial charge in [0, 0.05) is 37.1 Å². The van der Waals surface area contributed by atoms with Gasteiger partial charge in [-0.05, 0) is 31.7 Å². The number of benzene rings is 1. The number of nitrogens with two attached hydrogens (primary N) is 1. The first-order valence-electron chi connectivity index (χ1n) is 6.09. The van der Waals surface area contributed by atoms with Crippen molar-refractivity contribution < 1.29 is 0 Å². The molecule has 0 amide bonds. The van der Waals surface area contributed by atoms with E-state index in [1.165, 1.54) is 11.1 Å². The van der Waals surface area contributed by atoms with Gasteiger partial charge >= 0.3 is 0 Å². The van der Waals surface area contributed by atoms with Crippen LogP contribution in [0.3, 0.4) is 0 Å². The van der Waals surface area contributed by atoms with Gasteiger partial charge in [-0.3, -0.25) is 9.58 Å². The Bertz CT molecular complexity index is 501. The van der Waals surface area contributed by atoms with Crippen LogP contribution in [0, 0.1) is 0 Å². The molecule has 1 atom stereocenters. The number of anilines is 1. The summed E-state index contributed by atoms with van der Waals surface area (Å²) in [6, 6.07) is 8.42. The summed E-state index contributed by atoms with van der Waals surface area (Å²) in [5.41, 5.74) is 9.01. The maximum Gasteiger partial charge on any atom is 0.0534 e. The monoisotopic (exact) mass is 244 g/mol. The molecule has 2 aromatic rings. The van der Waals surface area contributed by atoms with Crippen molar-refractivity contribution in [3.05, 3.63) is 47.8 Å². The highest BCUT2D eigenvalue weighted by molar-refractivity contribution is 5.40. The third-order valence-corrected chi connectivity index (χ3v) is 3.27. The number of aryl methyl sites for hydroxylation is 1. The van der Waals surface area contributed by atoms with Crippen molar-refractivity contribution >= 4 is 5.69 Å². The zero-order chi connectivity index (χ0) is 13.1. The number of nitrogens with zero attached hydrogens (tertiary/aromatic N) is 3. The fourth-order valence-corrected chi connectivity index (χ4v) is 2.01. The lowest BCUT2D eigenvalue weighted by Crippen LogP contribution is -2.21. The van der Waals surface area contributed by atoms with Gasteiger partial charge in [0.05, 0.1) is 6.20 Å². The topological polar surface area (TPSA) is 47.1 Å². The summed E-state index contributed by atoms with van der Waals surface area (Å²) in [7, 11) is 4.06. The van der Waals surface area contributed by atoms with Crippen LogP contribution in [0.1, 0.15) is 24.1 Å². The second kappa shape index (κ2) is 5.23. The Hall–Kier alpha value is -1.81. The normalized spacial score (nSPS) is 12.9. The van der Waals surface area contributed by atoms with E-state index in [0.29, 0.717) is 6.04 Å². The Morgan fingerprint density at radius 1 is 1.33 bits per heavy atom. The minimum Gasteiger partial charge on any atom is -0.399 e. The first-order chi connectivity index (χ1) is 8.56. The number of hydrogen-bond donors (Lipinski definition) is 1. The van der Waals surface area contributed by atoms with Crippen molar-refractivity contribution in [1.29, 1.82) is 0 Å². The number of nitrogen functional groups attached to an aromatic ring is 1. The van der Waals surface area contributed by atoms with Crippen molar-refractivity contribution in [3.8, 4) is 0 Å². The summed E-state index contributed by atoms with van der Waals surface area (Å²) >= 11 is 0. The van der Waals surface area contributed by atoms with E-state index in [-0.39, 0.29) is 0 Å². The van der Waals surface area contributed by atoms with Crippen LogP contribution in [0.2, 0.25) is 0 Å². The van der Waals surface area contributed by atoms with E-state index >= 15 is 0 Å². The lowest BCUT2D eigenvalue weighted by molar-refractivity contribution is 0.253. The standard InChI is InChI=1S/C14H20N4/c1-11(13-4-6-14(15)7-5-13)17(2)9-12-8-16-18(3)10-12/h4-8,10-11H,9,15H2,1-3H3. The van der Waals surface area contributed by atoms with Crippen LogP contribution in [-0.2, 0) is 13.6 Å². The molecule has 1 heterocycles. The summed E-state index contributed by atoms with van der Waals surface area (Å²) in [5.74, 6) is 0. The van der Waals surface area contributed by atoms with Crippen LogP contribution >= 0.6 is 0 Å². The molecule has 2 rings (SSSR count). The Kier molecular flexibility index (Phi) is 3.67. The Morgan fingerprint density at radius 3 is 2.56 bits per heavy atom. The first kappa shape index (κ1) is 12.6. The van der Waals surface area contributed by atoms with Gasteiger partial charge in [0.25, 0.3) is 0 Å². The van der Waals surface area contributed by atoms with Crippen molar-refractivity contribution in [2.45, 2.75) is 19.5 Å². The van der Waals surface area contributed by atoms with E-state index in [0.717, 1.165) is 12.2 Å². The maximum atomic E-state index is 5.70. The molecule has 0 fully saturated rings. The maximum absolute atomic E-state index is 5.70. The molecule has 18 heavy (non-hydrogen) atoms. The second-order valence-corrected chi connectivity index (χ2v) is 4.78. The van der Waals surface area contributed by atoms with E-state index < -0.39 is 0 Å². The molecule has 2 N–H and O–H groups in total. The van der Waals surface area contributed by atoms with E-state index in [1.807, 2.05) is 36.3 Å². The van der Waals surface area contributed by atoms with Crippen molar-refractivity contribution in [2.24, 2.45) is 7.05 Å². The van der Waals surface area contributed by atoms with Crippen molar-refractivity contribution in [2.75, 3.05) is 12.8 Å². The van der Waals surface area contributed by atoms with Gasteiger partial charge < -0.3 is 5.73 Å².